The van der Waals surface area contributed by atoms with Crippen molar-refractivity contribution in [3.63, 3.8) is 0 Å². The predicted octanol–water partition coefficient (Wildman–Crippen LogP) is 2.48. The summed E-state index contributed by atoms with van der Waals surface area (Å²) in [6.45, 7) is 2.49. The van der Waals surface area contributed by atoms with Gasteiger partial charge in [0.1, 0.15) is 0 Å². The molecule has 3 N–H and O–H groups in total. The lowest BCUT2D eigenvalue weighted by Gasteiger charge is -2.14. The summed E-state index contributed by atoms with van der Waals surface area (Å²) in [4.78, 5) is 47.8. The first-order chi connectivity index (χ1) is 15.3. The summed E-state index contributed by atoms with van der Waals surface area (Å²) in [7, 11) is 0. The summed E-state index contributed by atoms with van der Waals surface area (Å²) >= 11 is 0. The number of ether oxygens (including phenoxy) is 3. The van der Waals surface area contributed by atoms with Gasteiger partial charge in [0.15, 0.2) is 23.4 Å². The molecule has 1 aliphatic rings. The van der Waals surface area contributed by atoms with Crippen molar-refractivity contribution in [3.8, 4) is 11.5 Å². The molecule has 0 saturated carbocycles. The Morgan fingerprint density at radius 2 is 1.62 bits per heavy atom. The number of rotatable bonds is 8. The number of carbonyl (C=O) groups excluding carboxylic acids is 4. The van der Waals surface area contributed by atoms with Crippen LogP contribution in [0.3, 0.4) is 0 Å². The summed E-state index contributed by atoms with van der Waals surface area (Å²) in [6, 6.07) is 10.9. The van der Waals surface area contributed by atoms with Gasteiger partial charge in [-0.05, 0) is 49.4 Å². The van der Waals surface area contributed by atoms with Crippen molar-refractivity contribution in [3.05, 3.63) is 53.6 Å². The van der Waals surface area contributed by atoms with E-state index in [1.165, 1.54) is 31.2 Å². The zero-order chi connectivity index (χ0) is 23.1. The Kier molecular flexibility index (Phi) is 7.43. The van der Waals surface area contributed by atoms with Gasteiger partial charge < -0.3 is 25.3 Å². The van der Waals surface area contributed by atoms with Crippen LogP contribution >= 0.6 is 0 Å². The second kappa shape index (κ2) is 10.4. The highest BCUT2D eigenvalue weighted by Gasteiger charge is 2.20. The molecule has 168 valence electrons. The molecule has 32 heavy (non-hydrogen) atoms. The minimum absolute atomic E-state index is 0.0681. The van der Waals surface area contributed by atoms with Crippen LogP contribution < -0.4 is 20.5 Å². The van der Waals surface area contributed by atoms with Gasteiger partial charge in [-0.25, -0.2) is 0 Å². The molecule has 0 aliphatic carbocycles. The Balaban J connectivity index is 1.47. The van der Waals surface area contributed by atoms with Crippen LogP contribution in [0.5, 0.6) is 11.5 Å². The van der Waals surface area contributed by atoms with E-state index in [0.717, 1.165) is 6.42 Å². The summed E-state index contributed by atoms with van der Waals surface area (Å²) in [5.41, 5.74) is 6.31. The molecule has 0 unspecified atom stereocenters. The fourth-order valence-electron chi connectivity index (χ4n) is 2.97. The SMILES string of the molecule is C[C@H](OC(=O)CCC(=O)c1ccc2c(c1)OCCCO2)C(=O)Nc1ccc(C(N)=O)cc1. The van der Waals surface area contributed by atoms with E-state index in [1.54, 1.807) is 18.2 Å². The third-order valence-electron chi connectivity index (χ3n) is 4.74. The summed E-state index contributed by atoms with van der Waals surface area (Å²) in [6.07, 6.45) is -0.542. The Morgan fingerprint density at radius 1 is 0.969 bits per heavy atom. The molecule has 1 atom stereocenters. The lowest BCUT2D eigenvalue weighted by molar-refractivity contribution is -0.153. The first-order valence-electron chi connectivity index (χ1n) is 10.2. The fourth-order valence-corrected chi connectivity index (χ4v) is 2.97. The van der Waals surface area contributed by atoms with Gasteiger partial charge in [0, 0.05) is 29.7 Å². The highest BCUT2D eigenvalue weighted by atomic mass is 16.5. The zero-order valence-electron chi connectivity index (χ0n) is 17.6. The summed E-state index contributed by atoms with van der Waals surface area (Å²) < 4.78 is 16.2. The van der Waals surface area contributed by atoms with E-state index in [2.05, 4.69) is 5.32 Å². The molecule has 2 aromatic rings. The average molecular weight is 440 g/mol. The Morgan fingerprint density at radius 3 is 2.31 bits per heavy atom. The number of Topliss-reactive ketones (excluding diaryl/α,β-unsaturated/α-hetero) is 1. The van der Waals surface area contributed by atoms with Crippen molar-refractivity contribution in [1.82, 2.24) is 0 Å². The molecule has 9 heteroatoms. The molecule has 0 bridgehead atoms. The number of nitrogens with two attached hydrogens (primary N) is 1. The number of ketones is 1. The van der Waals surface area contributed by atoms with E-state index in [9.17, 15) is 19.2 Å². The quantitative estimate of drug-likeness (QED) is 0.476. The van der Waals surface area contributed by atoms with Gasteiger partial charge in [0.25, 0.3) is 5.91 Å². The van der Waals surface area contributed by atoms with E-state index in [0.29, 0.717) is 41.5 Å². The summed E-state index contributed by atoms with van der Waals surface area (Å²) in [5.74, 6) is -0.942. The van der Waals surface area contributed by atoms with Gasteiger partial charge >= 0.3 is 5.97 Å². The highest BCUT2D eigenvalue weighted by molar-refractivity contribution is 5.99. The number of esters is 1. The van der Waals surface area contributed by atoms with Crippen molar-refractivity contribution in [2.45, 2.75) is 32.3 Å². The van der Waals surface area contributed by atoms with Crippen LogP contribution in [-0.2, 0) is 14.3 Å². The topological polar surface area (TPSA) is 134 Å². The minimum Gasteiger partial charge on any atom is -0.490 e. The van der Waals surface area contributed by atoms with Crippen molar-refractivity contribution in [2.75, 3.05) is 18.5 Å². The van der Waals surface area contributed by atoms with Gasteiger partial charge in [0.05, 0.1) is 19.6 Å². The first-order valence-corrected chi connectivity index (χ1v) is 10.2. The number of benzene rings is 2. The second-order valence-electron chi connectivity index (χ2n) is 7.20. The van der Waals surface area contributed by atoms with E-state index < -0.39 is 23.9 Å². The fraction of sp³-hybridized carbons (Fsp3) is 0.304. The van der Waals surface area contributed by atoms with E-state index in [1.807, 2.05) is 0 Å². The van der Waals surface area contributed by atoms with Gasteiger partial charge in [-0.2, -0.15) is 0 Å². The standard InChI is InChI=1S/C23H24N2O7/c1-14(23(29)25-17-6-3-15(4-7-17)22(24)28)32-21(27)10-8-18(26)16-5-9-19-20(13-16)31-12-2-11-30-19/h3-7,9,13-14H,2,8,10-12H2,1H3,(H2,24,28)(H,25,29)/t14-/m0/s1. The Bertz CT molecular complexity index is 1020. The van der Waals surface area contributed by atoms with E-state index in [4.69, 9.17) is 19.9 Å². The molecule has 0 spiro atoms. The molecule has 1 heterocycles. The number of carbonyl (C=O) groups is 4. The number of fused-ring (bicyclic) bond motifs is 1. The summed E-state index contributed by atoms with van der Waals surface area (Å²) in [5, 5.41) is 2.58. The number of hydrogen-bond donors (Lipinski definition) is 2. The number of hydrogen-bond acceptors (Lipinski definition) is 7. The van der Waals surface area contributed by atoms with Gasteiger partial charge in [-0.3, -0.25) is 19.2 Å². The molecular weight excluding hydrogens is 416 g/mol. The van der Waals surface area contributed by atoms with Crippen LogP contribution in [0.25, 0.3) is 0 Å². The van der Waals surface area contributed by atoms with Crippen LogP contribution in [-0.4, -0.2) is 42.9 Å². The molecule has 1 aliphatic heterocycles. The molecule has 0 fully saturated rings. The third kappa shape index (κ3) is 6.07. The normalized spacial score (nSPS) is 13.4. The van der Waals surface area contributed by atoms with Crippen LogP contribution in [0.1, 0.15) is 46.9 Å². The van der Waals surface area contributed by atoms with Crippen LogP contribution in [0.2, 0.25) is 0 Å². The molecule has 0 aromatic heterocycles. The Hall–Kier alpha value is -3.88. The monoisotopic (exact) mass is 440 g/mol. The first kappa shape index (κ1) is 22.8. The molecule has 9 nitrogen and oxygen atoms in total. The Labute approximate surface area is 184 Å². The average Bonchev–Trinajstić information content (AvgIpc) is 3.02. The van der Waals surface area contributed by atoms with Crippen molar-refractivity contribution in [2.24, 2.45) is 5.73 Å². The number of primary amides is 1. The predicted molar refractivity (Wildman–Crippen MR) is 115 cm³/mol. The third-order valence-corrected chi connectivity index (χ3v) is 4.74. The molecule has 2 aromatic carbocycles. The minimum atomic E-state index is -1.06. The largest absolute Gasteiger partial charge is 0.490 e. The number of anilines is 1. The van der Waals surface area contributed by atoms with E-state index >= 15 is 0 Å². The molecule has 2 amide bonds. The van der Waals surface area contributed by atoms with Crippen LogP contribution in [0.4, 0.5) is 5.69 Å². The lowest BCUT2D eigenvalue weighted by Crippen LogP contribution is -2.30. The maximum absolute atomic E-state index is 12.4. The number of amides is 2. The molecule has 0 radical (unpaired) electrons. The van der Waals surface area contributed by atoms with Crippen LogP contribution in [0, 0.1) is 0 Å². The molecule has 0 saturated heterocycles. The maximum Gasteiger partial charge on any atom is 0.307 e. The smallest absolute Gasteiger partial charge is 0.307 e. The second-order valence-corrected chi connectivity index (χ2v) is 7.20. The van der Waals surface area contributed by atoms with Crippen LogP contribution in [0.15, 0.2) is 42.5 Å². The van der Waals surface area contributed by atoms with Gasteiger partial charge in [-0.15, -0.1) is 0 Å². The zero-order valence-corrected chi connectivity index (χ0v) is 17.6. The highest BCUT2D eigenvalue weighted by Crippen LogP contribution is 2.30. The van der Waals surface area contributed by atoms with Crippen molar-refractivity contribution in [1.29, 1.82) is 0 Å². The van der Waals surface area contributed by atoms with E-state index in [-0.39, 0.29) is 18.6 Å². The number of nitrogens with one attached hydrogen (secondary N) is 1. The molecular formula is C23H24N2O7. The lowest BCUT2D eigenvalue weighted by atomic mass is 10.1. The van der Waals surface area contributed by atoms with Gasteiger partial charge in [0.2, 0.25) is 5.91 Å². The van der Waals surface area contributed by atoms with Crippen molar-refractivity contribution < 1.29 is 33.4 Å². The molecule has 3 rings (SSSR count). The van der Waals surface area contributed by atoms with Gasteiger partial charge in [-0.1, -0.05) is 0 Å². The van der Waals surface area contributed by atoms with Crippen molar-refractivity contribution >= 4 is 29.3 Å². The maximum atomic E-state index is 12.4.